The fourth-order valence-corrected chi connectivity index (χ4v) is 3.61. The van der Waals surface area contributed by atoms with Crippen molar-refractivity contribution in [2.24, 2.45) is 5.92 Å². The van der Waals surface area contributed by atoms with Crippen LogP contribution in [0.4, 0.5) is 0 Å². The van der Waals surface area contributed by atoms with Gasteiger partial charge in [0.2, 0.25) is 0 Å². The molecule has 1 N–H and O–H groups in total. The second-order valence-corrected chi connectivity index (χ2v) is 6.32. The molecule has 0 saturated carbocycles. The fraction of sp³-hybridized carbons (Fsp3) is 1.00. The van der Waals surface area contributed by atoms with E-state index in [2.05, 4.69) is 43.1 Å². The molecule has 0 aromatic rings. The summed E-state index contributed by atoms with van der Waals surface area (Å²) in [7, 11) is 4.39. The summed E-state index contributed by atoms with van der Waals surface area (Å²) in [5.41, 5.74) is 0. The molecule has 2 saturated heterocycles. The molecule has 0 aromatic carbocycles. The summed E-state index contributed by atoms with van der Waals surface area (Å²) < 4.78 is 0. The highest BCUT2D eigenvalue weighted by atomic mass is 15.2. The van der Waals surface area contributed by atoms with Gasteiger partial charge in [-0.1, -0.05) is 13.8 Å². The molecule has 2 rings (SSSR count). The van der Waals surface area contributed by atoms with E-state index in [0.29, 0.717) is 6.04 Å². The minimum absolute atomic E-state index is 0.658. The summed E-state index contributed by atoms with van der Waals surface area (Å²) in [6.45, 7) is 8.44. The maximum absolute atomic E-state index is 3.83. The molecule has 0 amide bonds. The highest BCUT2D eigenvalue weighted by Gasteiger charge is 2.37. The molecule has 100 valence electrons. The lowest BCUT2D eigenvalue weighted by atomic mass is 10.0. The molecule has 3 nitrogen and oxygen atoms in total. The average Bonchev–Trinajstić information content (AvgIpc) is 2.80. The Morgan fingerprint density at radius 3 is 2.65 bits per heavy atom. The zero-order valence-electron chi connectivity index (χ0n) is 11.9. The molecule has 0 radical (unpaired) electrons. The van der Waals surface area contributed by atoms with Gasteiger partial charge in [-0.3, -0.25) is 4.90 Å². The van der Waals surface area contributed by atoms with E-state index in [1.165, 1.54) is 32.4 Å². The normalized spacial score (nSPS) is 31.4. The quantitative estimate of drug-likeness (QED) is 0.782. The van der Waals surface area contributed by atoms with Crippen LogP contribution in [0.5, 0.6) is 0 Å². The van der Waals surface area contributed by atoms with Crippen LogP contribution in [0, 0.1) is 5.92 Å². The van der Waals surface area contributed by atoms with Gasteiger partial charge in [0, 0.05) is 31.2 Å². The van der Waals surface area contributed by atoms with Crippen molar-refractivity contribution in [1.82, 2.24) is 15.1 Å². The van der Waals surface area contributed by atoms with Gasteiger partial charge in [0.1, 0.15) is 0 Å². The van der Waals surface area contributed by atoms with Crippen LogP contribution >= 0.6 is 0 Å². The van der Waals surface area contributed by atoms with Crippen LogP contribution in [-0.4, -0.2) is 61.7 Å². The van der Waals surface area contributed by atoms with E-state index in [4.69, 9.17) is 0 Å². The zero-order valence-corrected chi connectivity index (χ0v) is 11.9. The van der Waals surface area contributed by atoms with Crippen molar-refractivity contribution in [2.45, 2.75) is 51.2 Å². The summed E-state index contributed by atoms with van der Waals surface area (Å²) in [4.78, 5) is 5.04. The van der Waals surface area contributed by atoms with Crippen molar-refractivity contribution >= 4 is 0 Å². The molecule has 2 heterocycles. The molecule has 2 fully saturated rings. The van der Waals surface area contributed by atoms with Crippen LogP contribution in [0.1, 0.15) is 33.1 Å². The highest BCUT2D eigenvalue weighted by molar-refractivity contribution is 4.96. The Hall–Kier alpha value is -0.120. The van der Waals surface area contributed by atoms with Crippen molar-refractivity contribution in [3.05, 3.63) is 0 Å². The van der Waals surface area contributed by atoms with Crippen LogP contribution < -0.4 is 5.32 Å². The van der Waals surface area contributed by atoms with Crippen LogP contribution in [0.2, 0.25) is 0 Å². The fourth-order valence-electron chi connectivity index (χ4n) is 3.61. The predicted molar refractivity (Wildman–Crippen MR) is 73.3 cm³/mol. The molecule has 2 aliphatic heterocycles. The molecule has 0 spiro atoms. The first-order valence-corrected chi connectivity index (χ1v) is 7.23. The third-order valence-corrected chi connectivity index (χ3v) is 4.63. The minimum Gasteiger partial charge on any atom is -0.311 e. The van der Waals surface area contributed by atoms with Gasteiger partial charge in [-0.15, -0.1) is 0 Å². The molecule has 3 heteroatoms. The van der Waals surface area contributed by atoms with E-state index < -0.39 is 0 Å². The molecular formula is C14H29N3. The van der Waals surface area contributed by atoms with Crippen molar-refractivity contribution in [2.75, 3.05) is 33.7 Å². The number of likely N-dealkylation sites (N-methyl/N-ethyl adjacent to an activating group) is 1. The lowest BCUT2D eigenvalue weighted by Crippen LogP contribution is -2.47. The molecule has 2 aliphatic rings. The van der Waals surface area contributed by atoms with E-state index in [1.54, 1.807) is 0 Å². The van der Waals surface area contributed by atoms with Gasteiger partial charge in [-0.05, 0) is 45.8 Å². The number of rotatable bonds is 5. The SMILES string of the molecule is CC(C)C(CNC1CCN2CCCC12)N(C)C. The van der Waals surface area contributed by atoms with Crippen LogP contribution in [0.25, 0.3) is 0 Å². The van der Waals surface area contributed by atoms with Gasteiger partial charge in [0.15, 0.2) is 0 Å². The van der Waals surface area contributed by atoms with E-state index >= 15 is 0 Å². The summed E-state index contributed by atoms with van der Waals surface area (Å²) in [6, 6.07) is 2.24. The summed E-state index contributed by atoms with van der Waals surface area (Å²) in [6.07, 6.45) is 4.17. The Bertz CT molecular complexity index is 232. The molecule has 0 aliphatic carbocycles. The molecule has 3 atom stereocenters. The van der Waals surface area contributed by atoms with Gasteiger partial charge in [0.25, 0.3) is 0 Å². The van der Waals surface area contributed by atoms with Crippen molar-refractivity contribution < 1.29 is 0 Å². The monoisotopic (exact) mass is 239 g/mol. The molecular weight excluding hydrogens is 210 g/mol. The number of hydrogen-bond acceptors (Lipinski definition) is 3. The van der Waals surface area contributed by atoms with Gasteiger partial charge >= 0.3 is 0 Å². The average molecular weight is 239 g/mol. The van der Waals surface area contributed by atoms with Crippen LogP contribution in [0.3, 0.4) is 0 Å². The minimum atomic E-state index is 0.658. The Labute approximate surface area is 107 Å². The first-order valence-electron chi connectivity index (χ1n) is 7.23. The molecule has 17 heavy (non-hydrogen) atoms. The Morgan fingerprint density at radius 2 is 2.00 bits per heavy atom. The molecule has 3 unspecified atom stereocenters. The first kappa shape index (κ1) is 13.3. The van der Waals surface area contributed by atoms with Crippen LogP contribution in [-0.2, 0) is 0 Å². The van der Waals surface area contributed by atoms with Gasteiger partial charge in [-0.2, -0.15) is 0 Å². The second kappa shape index (κ2) is 5.68. The predicted octanol–water partition coefficient (Wildman–Crippen LogP) is 1.40. The van der Waals surface area contributed by atoms with E-state index in [-0.39, 0.29) is 0 Å². The topological polar surface area (TPSA) is 18.5 Å². The Kier molecular flexibility index (Phi) is 4.45. The highest BCUT2D eigenvalue weighted by Crippen LogP contribution is 2.27. The number of fused-ring (bicyclic) bond motifs is 1. The van der Waals surface area contributed by atoms with Gasteiger partial charge in [0.05, 0.1) is 0 Å². The second-order valence-electron chi connectivity index (χ2n) is 6.32. The van der Waals surface area contributed by atoms with Crippen molar-refractivity contribution in [1.29, 1.82) is 0 Å². The van der Waals surface area contributed by atoms with Crippen LogP contribution in [0.15, 0.2) is 0 Å². The number of hydrogen-bond donors (Lipinski definition) is 1. The summed E-state index contributed by atoms with van der Waals surface area (Å²) >= 11 is 0. The third-order valence-electron chi connectivity index (χ3n) is 4.63. The Morgan fingerprint density at radius 1 is 1.24 bits per heavy atom. The van der Waals surface area contributed by atoms with E-state index in [0.717, 1.165) is 24.5 Å². The van der Waals surface area contributed by atoms with E-state index in [9.17, 15) is 0 Å². The maximum atomic E-state index is 3.83. The number of nitrogens with one attached hydrogen (secondary N) is 1. The molecule has 0 bridgehead atoms. The summed E-state index contributed by atoms with van der Waals surface area (Å²) in [5, 5.41) is 3.83. The third kappa shape index (κ3) is 3.01. The van der Waals surface area contributed by atoms with Gasteiger partial charge < -0.3 is 10.2 Å². The lowest BCUT2D eigenvalue weighted by Gasteiger charge is -2.31. The van der Waals surface area contributed by atoms with Crippen molar-refractivity contribution in [3.8, 4) is 0 Å². The Balaban J connectivity index is 1.81. The van der Waals surface area contributed by atoms with E-state index in [1.807, 2.05) is 0 Å². The number of nitrogens with zero attached hydrogens (tertiary/aromatic N) is 2. The summed E-state index contributed by atoms with van der Waals surface area (Å²) in [5.74, 6) is 0.721. The maximum Gasteiger partial charge on any atom is 0.0250 e. The zero-order chi connectivity index (χ0) is 12.4. The standard InChI is InChI=1S/C14H29N3/c1-11(2)14(16(3)4)10-15-12-7-9-17-8-5-6-13(12)17/h11-15H,5-10H2,1-4H3. The van der Waals surface area contributed by atoms with Gasteiger partial charge in [-0.25, -0.2) is 0 Å². The molecule has 0 aromatic heterocycles. The van der Waals surface area contributed by atoms with Crippen molar-refractivity contribution in [3.63, 3.8) is 0 Å². The smallest absolute Gasteiger partial charge is 0.0250 e. The first-order chi connectivity index (χ1) is 8.09. The largest absolute Gasteiger partial charge is 0.311 e. The lowest BCUT2D eigenvalue weighted by molar-refractivity contribution is 0.211.